The zero-order chi connectivity index (χ0) is 16.3. The molecule has 0 radical (unpaired) electrons. The fraction of sp³-hybridized carbons (Fsp3) is 0.0667. The minimum atomic E-state index is -0.882. The molecule has 2 aromatic rings. The molecule has 0 saturated heterocycles. The number of ether oxygens (including phenoxy) is 2. The Morgan fingerprint density at radius 3 is 2.00 bits per heavy atom. The van der Waals surface area contributed by atoms with Crippen LogP contribution in [0.4, 0.5) is 0 Å². The SMILES string of the molecule is COC(=O)c1ccc(O)c(OC(=O)c2ccc(O)c(O)c2)c1. The van der Waals surface area contributed by atoms with E-state index in [-0.39, 0.29) is 28.4 Å². The van der Waals surface area contributed by atoms with Crippen LogP contribution in [0.3, 0.4) is 0 Å². The van der Waals surface area contributed by atoms with Crippen LogP contribution in [0, 0.1) is 0 Å². The number of carbonyl (C=O) groups excluding carboxylic acids is 2. The number of methoxy groups -OCH3 is 1. The zero-order valence-electron chi connectivity index (χ0n) is 11.4. The first-order chi connectivity index (χ1) is 10.4. The highest BCUT2D eigenvalue weighted by Crippen LogP contribution is 2.29. The van der Waals surface area contributed by atoms with Crippen molar-refractivity contribution in [3.8, 4) is 23.0 Å². The molecule has 7 heteroatoms. The molecule has 0 unspecified atom stereocenters. The van der Waals surface area contributed by atoms with Crippen LogP contribution in [0.1, 0.15) is 20.7 Å². The molecule has 7 nitrogen and oxygen atoms in total. The average Bonchev–Trinajstić information content (AvgIpc) is 2.51. The Labute approximate surface area is 125 Å². The van der Waals surface area contributed by atoms with E-state index in [4.69, 9.17) is 4.74 Å². The molecule has 22 heavy (non-hydrogen) atoms. The van der Waals surface area contributed by atoms with E-state index in [1.54, 1.807) is 0 Å². The lowest BCUT2D eigenvalue weighted by molar-refractivity contribution is 0.0597. The highest BCUT2D eigenvalue weighted by atomic mass is 16.5. The van der Waals surface area contributed by atoms with Crippen molar-refractivity contribution in [1.29, 1.82) is 0 Å². The molecular formula is C15H12O7. The molecule has 0 bridgehead atoms. The summed E-state index contributed by atoms with van der Waals surface area (Å²) < 4.78 is 9.50. The van der Waals surface area contributed by atoms with Gasteiger partial charge in [-0.15, -0.1) is 0 Å². The molecule has 2 aromatic carbocycles. The molecule has 0 saturated carbocycles. The van der Waals surface area contributed by atoms with Gasteiger partial charge in [0.15, 0.2) is 23.0 Å². The van der Waals surface area contributed by atoms with Crippen LogP contribution in [0.25, 0.3) is 0 Å². The number of hydrogen-bond acceptors (Lipinski definition) is 7. The van der Waals surface area contributed by atoms with Crippen LogP contribution < -0.4 is 4.74 Å². The Morgan fingerprint density at radius 2 is 1.41 bits per heavy atom. The number of benzene rings is 2. The van der Waals surface area contributed by atoms with Gasteiger partial charge in [0, 0.05) is 0 Å². The standard InChI is InChI=1S/C15H12O7/c1-21-14(19)9-3-5-11(17)13(7-9)22-15(20)8-2-4-10(16)12(18)6-8/h2-7,16-18H,1H3. The maximum absolute atomic E-state index is 11.9. The Kier molecular flexibility index (Phi) is 4.17. The molecule has 0 aromatic heterocycles. The summed E-state index contributed by atoms with van der Waals surface area (Å²) in [5, 5.41) is 28.2. The maximum Gasteiger partial charge on any atom is 0.343 e. The van der Waals surface area contributed by atoms with Crippen molar-refractivity contribution in [1.82, 2.24) is 0 Å². The smallest absolute Gasteiger partial charge is 0.343 e. The van der Waals surface area contributed by atoms with Crippen LogP contribution in [-0.2, 0) is 4.74 Å². The molecule has 0 aliphatic carbocycles. The maximum atomic E-state index is 11.9. The van der Waals surface area contributed by atoms with E-state index < -0.39 is 17.7 Å². The molecule has 0 atom stereocenters. The molecular weight excluding hydrogens is 292 g/mol. The molecule has 2 rings (SSSR count). The highest BCUT2D eigenvalue weighted by molar-refractivity contribution is 5.93. The molecule has 0 aliphatic heterocycles. The Balaban J connectivity index is 2.27. The second kappa shape index (κ2) is 6.04. The van der Waals surface area contributed by atoms with Crippen LogP contribution in [0.15, 0.2) is 36.4 Å². The van der Waals surface area contributed by atoms with Crippen molar-refractivity contribution in [2.24, 2.45) is 0 Å². The van der Waals surface area contributed by atoms with E-state index in [9.17, 15) is 24.9 Å². The summed E-state index contributed by atoms with van der Waals surface area (Å²) in [4.78, 5) is 23.3. The average molecular weight is 304 g/mol. The number of esters is 2. The normalized spacial score (nSPS) is 10.0. The lowest BCUT2D eigenvalue weighted by atomic mass is 10.2. The van der Waals surface area contributed by atoms with Gasteiger partial charge in [-0.1, -0.05) is 0 Å². The molecule has 0 heterocycles. The number of phenols is 3. The first-order valence-electron chi connectivity index (χ1n) is 6.08. The predicted molar refractivity (Wildman–Crippen MR) is 74.2 cm³/mol. The molecule has 0 fully saturated rings. The molecule has 114 valence electrons. The summed E-state index contributed by atoms with van der Waals surface area (Å²) in [6, 6.07) is 7.02. The van der Waals surface area contributed by atoms with Crippen LogP contribution in [-0.4, -0.2) is 34.4 Å². The quantitative estimate of drug-likeness (QED) is 0.450. The third-order valence-corrected chi connectivity index (χ3v) is 2.79. The summed E-state index contributed by atoms with van der Waals surface area (Å²) in [6.45, 7) is 0. The van der Waals surface area contributed by atoms with E-state index in [0.29, 0.717) is 0 Å². The van der Waals surface area contributed by atoms with Crippen molar-refractivity contribution in [3.63, 3.8) is 0 Å². The number of hydrogen-bond donors (Lipinski definition) is 3. The van der Waals surface area contributed by atoms with E-state index in [2.05, 4.69) is 4.74 Å². The van der Waals surface area contributed by atoms with Crippen LogP contribution in [0.2, 0.25) is 0 Å². The lowest BCUT2D eigenvalue weighted by Gasteiger charge is -2.08. The Morgan fingerprint density at radius 1 is 0.818 bits per heavy atom. The van der Waals surface area contributed by atoms with E-state index >= 15 is 0 Å². The van der Waals surface area contributed by atoms with E-state index in [1.165, 1.54) is 25.3 Å². The fourth-order valence-electron chi connectivity index (χ4n) is 1.65. The summed E-state index contributed by atoms with van der Waals surface area (Å²) in [5.74, 6) is -2.98. The Hall–Kier alpha value is -3.22. The second-order valence-electron chi connectivity index (χ2n) is 4.27. The number of carbonyl (C=O) groups is 2. The van der Waals surface area contributed by atoms with Gasteiger partial charge in [0.2, 0.25) is 0 Å². The van der Waals surface area contributed by atoms with Crippen molar-refractivity contribution >= 4 is 11.9 Å². The number of phenolic OH excluding ortho intramolecular Hbond substituents is 3. The second-order valence-corrected chi connectivity index (χ2v) is 4.27. The molecule has 3 N–H and O–H groups in total. The fourth-order valence-corrected chi connectivity index (χ4v) is 1.65. The van der Waals surface area contributed by atoms with Crippen LogP contribution >= 0.6 is 0 Å². The van der Waals surface area contributed by atoms with Gasteiger partial charge in [-0.25, -0.2) is 9.59 Å². The molecule has 0 amide bonds. The number of aromatic hydroxyl groups is 3. The summed E-state index contributed by atoms with van der Waals surface area (Å²) >= 11 is 0. The lowest BCUT2D eigenvalue weighted by Crippen LogP contribution is -2.09. The van der Waals surface area contributed by atoms with Crippen molar-refractivity contribution < 1.29 is 34.4 Å². The van der Waals surface area contributed by atoms with Gasteiger partial charge < -0.3 is 24.8 Å². The molecule has 0 aliphatic rings. The van der Waals surface area contributed by atoms with Gasteiger partial charge in [0.05, 0.1) is 18.2 Å². The number of rotatable bonds is 3. The van der Waals surface area contributed by atoms with E-state index in [1.807, 2.05) is 0 Å². The predicted octanol–water partition coefficient (Wildman–Crippen LogP) is 1.81. The first kappa shape index (κ1) is 15.2. The molecule has 0 spiro atoms. The monoisotopic (exact) mass is 304 g/mol. The van der Waals surface area contributed by atoms with Crippen molar-refractivity contribution in [3.05, 3.63) is 47.5 Å². The topological polar surface area (TPSA) is 113 Å². The highest BCUT2D eigenvalue weighted by Gasteiger charge is 2.16. The third-order valence-electron chi connectivity index (χ3n) is 2.79. The van der Waals surface area contributed by atoms with Crippen molar-refractivity contribution in [2.45, 2.75) is 0 Å². The van der Waals surface area contributed by atoms with Gasteiger partial charge in [-0.3, -0.25) is 0 Å². The summed E-state index contributed by atoms with van der Waals surface area (Å²) in [7, 11) is 1.19. The minimum Gasteiger partial charge on any atom is -0.504 e. The third kappa shape index (κ3) is 3.09. The van der Waals surface area contributed by atoms with Gasteiger partial charge in [-0.05, 0) is 36.4 Å². The summed E-state index contributed by atoms with van der Waals surface area (Å²) in [6.07, 6.45) is 0. The first-order valence-corrected chi connectivity index (χ1v) is 6.08. The van der Waals surface area contributed by atoms with Gasteiger partial charge >= 0.3 is 11.9 Å². The van der Waals surface area contributed by atoms with Crippen LogP contribution in [0.5, 0.6) is 23.0 Å². The van der Waals surface area contributed by atoms with Gasteiger partial charge in [0.25, 0.3) is 0 Å². The summed E-state index contributed by atoms with van der Waals surface area (Å²) in [5.41, 5.74) is 0.0508. The van der Waals surface area contributed by atoms with Gasteiger partial charge in [-0.2, -0.15) is 0 Å². The van der Waals surface area contributed by atoms with E-state index in [0.717, 1.165) is 18.2 Å². The van der Waals surface area contributed by atoms with Gasteiger partial charge in [0.1, 0.15) is 0 Å². The van der Waals surface area contributed by atoms with Crippen molar-refractivity contribution in [2.75, 3.05) is 7.11 Å². The minimum absolute atomic E-state index is 0.0434. The Bertz CT molecular complexity index is 737. The largest absolute Gasteiger partial charge is 0.504 e. The zero-order valence-corrected chi connectivity index (χ0v) is 11.4.